The number of carboxylic acid groups (broad SMARTS) is 1. The quantitative estimate of drug-likeness (QED) is 0.704. The summed E-state index contributed by atoms with van der Waals surface area (Å²) in [6.07, 6.45) is 2.98. The monoisotopic (exact) mass is 185 g/mol. The molecule has 1 heterocycles. The molecule has 1 rings (SSSR count). The highest BCUT2D eigenvalue weighted by Gasteiger charge is 2.10. The second-order valence-electron chi connectivity index (χ2n) is 2.51. The summed E-state index contributed by atoms with van der Waals surface area (Å²) in [7, 11) is 0. The number of ether oxygens (including phenoxy) is 1. The smallest absolute Gasteiger partial charge is 0.394 e. The molecule has 72 valence electrons. The van der Waals surface area contributed by atoms with Crippen LogP contribution in [0.15, 0.2) is 10.7 Å². The van der Waals surface area contributed by atoms with Crippen LogP contribution in [0.5, 0.6) is 6.08 Å². The first kappa shape index (κ1) is 9.57. The minimum atomic E-state index is -1.12. The topological polar surface area (TPSA) is 72.6 Å². The van der Waals surface area contributed by atoms with Gasteiger partial charge in [-0.05, 0) is 6.42 Å². The predicted molar refractivity (Wildman–Crippen MR) is 43.9 cm³/mol. The Morgan fingerprint density at radius 3 is 3.08 bits per heavy atom. The Bertz CT molecular complexity index is 281. The number of oxazole rings is 1. The molecule has 0 bridgehead atoms. The molecule has 0 fully saturated rings. The van der Waals surface area contributed by atoms with Gasteiger partial charge < -0.3 is 14.3 Å². The highest BCUT2D eigenvalue weighted by atomic mass is 16.6. The Kier molecular flexibility index (Phi) is 3.31. The van der Waals surface area contributed by atoms with Gasteiger partial charge in [0, 0.05) is 0 Å². The summed E-state index contributed by atoms with van der Waals surface area (Å²) >= 11 is 0. The van der Waals surface area contributed by atoms with Crippen LogP contribution in [0.2, 0.25) is 0 Å². The van der Waals surface area contributed by atoms with Crippen LogP contribution in [0.25, 0.3) is 0 Å². The molecule has 13 heavy (non-hydrogen) atoms. The van der Waals surface area contributed by atoms with Crippen molar-refractivity contribution in [2.45, 2.75) is 19.8 Å². The van der Waals surface area contributed by atoms with E-state index in [9.17, 15) is 4.79 Å². The number of hydrogen-bond acceptors (Lipinski definition) is 4. The van der Waals surface area contributed by atoms with E-state index in [-0.39, 0.29) is 11.8 Å². The molecule has 0 saturated heterocycles. The fourth-order valence-electron chi connectivity index (χ4n) is 0.726. The van der Waals surface area contributed by atoms with Crippen molar-refractivity contribution in [1.82, 2.24) is 4.98 Å². The number of rotatable bonds is 5. The van der Waals surface area contributed by atoms with Gasteiger partial charge in [-0.3, -0.25) is 0 Å². The van der Waals surface area contributed by atoms with Gasteiger partial charge in [-0.25, -0.2) is 4.79 Å². The highest BCUT2D eigenvalue weighted by Crippen LogP contribution is 2.10. The number of aromatic carboxylic acids is 1. The maximum atomic E-state index is 10.4. The van der Waals surface area contributed by atoms with Gasteiger partial charge >= 0.3 is 12.0 Å². The number of unbranched alkanes of at least 4 members (excludes halogenated alkanes) is 1. The number of carbonyl (C=O) groups is 1. The van der Waals surface area contributed by atoms with Gasteiger partial charge in [0.25, 0.3) is 0 Å². The zero-order valence-electron chi connectivity index (χ0n) is 7.32. The summed E-state index contributed by atoms with van der Waals surface area (Å²) in [6.45, 7) is 2.53. The van der Waals surface area contributed by atoms with Crippen LogP contribution >= 0.6 is 0 Å². The molecule has 0 amide bonds. The van der Waals surface area contributed by atoms with Gasteiger partial charge in [-0.1, -0.05) is 13.3 Å². The first-order valence-electron chi connectivity index (χ1n) is 4.05. The summed E-state index contributed by atoms with van der Waals surface area (Å²) in [5.74, 6) is -1.12. The highest BCUT2D eigenvalue weighted by molar-refractivity contribution is 5.84. The minimum absolute atomic E-state index is 0.0193. The normalized spacial score (nSPS) is 9.92. The maximum absolute atomic E-state index is 10.4. The second-order valence-corrected chi connectivity index (χ2v) is 2.51. The number of carboxylic acids is 1. The molecule has 1 N–H and O–H groups in total. The zero-order valence-corrected chi connectivity index (χ0v) is 7.32. The van der Waals surface area contributed by atoms with Gasteiger partial charge in [-0.15, -0.1) is 0 Å². The van der Waals surface area contributed by atoms with Crippen molar-refractivity contribution in [1.29, 1.82) is 0 Å². The van der Waals surface area contributed by atoms with E-state index in [0.717, 1.165) is 19.1 Å². The van der Waals surface area contributed by atoms with Gasteiger partial charge in [-0.2, -0.15) is 4.98 Å². The largest absolute Gasteiger partial charge is 0.476 e. The van der Waals surface area contributed by atoms with Crippen molar-refractivity contribution < 1.29 is 19.1 Å². The molecular formula is C8H11NO4. The van der Waals surface area contributed by atoms with E-state index in [4.69, 9.17) is 14.3 Å². The van der Waals surface area contributed by atoms with Crippen molar-refractivity contribution in [2.24, 2.45) is 0 Å². The van der Waals surface area contributed by atoms with E-state index in [1.807, 2.05) is 6.92 Å². The molecule has 0 aromatic carbocycles. The molecule has 0 spiro atoms. The first-order valence-corrected chi connectivity index (χ1v) is 4.05. The molecule has 5 heteroatoms. The summed E-state index contributed by atoms with van der Waals surface area (Å²) < 4.78 is 9.79. The van der Waals surface area contributed by atoms with E-state index < -0.39 is 5.97 Å². The van der Waals surface area contributed by atoms with E-state index >= 15 is 0 Å². The van der Waals surface area contributed by atoms with Crippen LogP contribution in [-0.4, -0.2) is 22.7 Å². The van der Waals surface area contributed by atoms with Crippen LogP contribution in [0.3, 0.4) is 0 Å². The molecule has 0 aliphatic heterocycles. The van der Waals surface area contributed by atoms with Crippen molar-refractivity contribution in [2.75, 3.05) is 6.61 Å². The van der Waals surface area contributed by atoms with Crippen molar-refractivity contribution in [3.05, 3.63) is 12.0 Å². The summed E-state index contributed by atoms with van der Waals surface area (Å²) in [5, 5.41) is 8.49. The van der Waals surface area contributed by atoms with E-state index in [2.05, 4.69) is 4.98 Å². The molecule has 0 atom stereocenters. The lowest BCUT2D eigenvalue weighted by Gasteiger charge is -1.96. The molecule has 0 radical (unpaired) electrons. The molecule has 0 saturated carbocycles. The van der Waals surface area contributed by atoms with Gasteiger partial charge in [0.1, 0.15) is 6.26 Å². The lowest BCUT2D eigenvalue weighted by atomic mass is 10.4. The van der Waals surface area contributed by atoms with Crippen molar-refractivity contribution in [3.8, 4) is 6.08 Å². The molecule has 0 aliphatic carbocycles. The third-order valence-corrected chi connectivity index (χ3v) is 1.43. The lowest BCUT2D eigenvalue weighted by Crippen LogP contribution is -1.99. The molecule has 0 unspecified atom stereocenters. The standard InChI is InChI=1S/C8H11NO4/c1-2-3-4-12-8-9-6(5-13-8)7(10)11/h5H,2-4H2,1H3,(H,10,11). The summed E-state index contributed by atoms with van der Waals surface area (Å²) in [6, 6.07) is 0. The average molecular weight is 185 g/mol. The fourth-order valence-corrected chi connectivity index (χ4v) is 0.726. The molecule has 0 aliphatic rings. The fraction of sp³-hybridized carbons (Fsp3) is 0.500. The van der Waals surface area contributed by atoms with Crippen LogP contribution in [-0.2, 0) is 0 Å². The molecular weight excluding hydrogens is 174 g/mol. The third kappa shape index (κ3) is 2.77. The summed E-state index contributed by atoms with van der Waals surface area (Å²) in [4.78, 5) is 14.0. The van der Waals surface area contributed by atoms with Gasteiger partial charge in [0.05, 0.1) is 6.61 Å². The van der Waals surface area contributed by atoms with Crippen LogP contribution in [0.4, 0.5) is 0 Å². The van der Waals surface area contributed by atoms with Crippen LogP contribution in [0.1, 0.15) is 30.3 Å². The molecule has 1 aromatic heterocycles. The predicted octanol–water partition coefficient (Wildman–Crippen LogP) is 1.55. The summed E-state index contributed by atoms with van der Waals surface area (Å²) in [5.41, 5.74) is -0.133. The van der Waals surface area contributed by atoms with Gasteiger partial charge in [0.2, 0.25) is 0 Å². The maximum Gasteiger partial charge on any atom is 0.394 e. The zero-order chi connectivity index (χ0) is 9.68. The minimum Gasteiger partial charge on any atom is -0.476 e. The third-order valence-electron chi connectivity index (χ3n) is 1.43. The molecule has 1 aromatic rings. The Hall–Kier alpha value is -1.52. The molecule has 5 nitrogen and oxygen atoms in total. The Morgan fingerprint density at radius 2 is 2.54 bits per heavy atom. The number of hydrogen-bond donors (Lipinski definition) is 1. The Labute approximate surface area is 75.3 Å². The number of aromatic nitrogens is 1. The first-order chi connectivity index (χ1) is 6.24. The second kappa shape index (κ2) is 4.49. The van der Waals surface area contributed by atoms with E-state index in [1.165, 1.54) is 0 Å². The van der Waals surface area contributed by atoms with Crippen molar-refractivity contribution >= 4 is 5.97 Å². The van der Waals surface area contributed by atoms with Crippen LogP contribution < -0.4 is 4.74 Å². The van der Waals surface area contributed by atoms with Gasteiger partial charge in [0.15, 0.2) is 5.69 Å². The Morgan fingerprint density at radius 1 is 1.77 bits per heavy atom. The van der Waals surface area contributed by atoms with E-state index in [1.54, 1.807) is 0 Å². The van der Waals surface area contributed by atoms with Crippen molar-refractivity contribution in [3.63, 3.8) is 0 Å². The average Bonchev–Trinajstić information content (AvgIpc) is 2.53. The Balaban J connectivity index is 2.44. The van der Waals surface area contributed by atoms with E-state index in [0.29, 0.717) is 6.61 Å². The lowest BCUT2D eigenvalue weighted by molar-refractivity contribution is 0.0690. The SMILES string of the molecule is CCCCOc1nc(C(=O)O)co1. The number of nitrogens with zero attached hydrogens (tertiary/aromatic N) is 1. The van der Waals surface area contributed by atoms with Crippen LogP contribution in [0, 0.1) is 0 Å².